The fraction of sp³-hybridized carbons (Fsp3) is 0.429. The van der Waals surface area contributed by atoms with E-state index in [1.54, 1.807) is 0 Å². The van der Waals surface area contributed by atoms with Crippen LogP contribution in [0.15, 0.2) is 24.3 Å². The molecule has 0 fully saturated rings. The fourth-order valence-corrected chi connectivity index (χ4v) is 3.09. The zero-order valence-electron chi connectivity index (χ0n) is 10.3. The molecule has 0 saturated carbocycles. The molecule has 0 N–H and O–H groups in total. The second-order valence-electron chi connectivity index (χ2n) is 3.84. The molecule has 1 aromatic rings. The maximum absolute atomic E-state index is 5.47. The molecule has 0 aliphatic carbocycles. The summed E-state index contributed by atoms with van der Waals surface area (Å²) in [6.45, 7) is 4.95. The molecule has 1 rings (SSSR count). The van der Waals surface area contributed by atoms with Gasteiger partial charge in [-0.25, -0.2) is 0 Å². The number of ether oxygens (including phenoxy) is 1. The van der Waals surface area contributed by atoms with Crippen LogP contribution < -0.4 is 0 Å². The Hall–Kier alpha value is -0.560. The highest BCUT2D eigenvalue weighted by Crippen LogP contribution is 2.25. The van der Waals surface area contributed by atoms with E-state index in [2.05, 4.69) is 31.9 Å². The normalized spacial score (nSPS) is 10.5. The molecule has 0 radical (unpaired) electrons. The molecular formula is C14H18OS2. The Morgan fingerprint density at radius 3 is 2.53 bits per heavy atom. The van der Waals surface area contributed by atoms with Crippen molar-refractivity contribution in [3.8, 4) is 12.3 Å². The first kappa shape index (κ1) is 14.5. The Kier molecular flexibility index (Phi) is 7.27. The molecule has 0 aromatic heterocycles. The third-order valence-corrected chi connectivity index (χ3v) is 4.35. The number of rotatable bonds is 7. The highest BCUT2D eigenvalue weighted by molar-refractivity contribution is 8.76. The van der Waals surface area contributed by atoms with Crippen LogP contribution in [0.25, 0.3) is 0 Å². The Labute approximate surface area is 112 Å². The molecule has 17 heavy (non-hydrogen) atoms. The standard InChI is InChI=1S/C14H18OS2/c1-4-13-5-7-14(8-6-13)11-17-16-10-9-15-12(2)3/h1,5-8,12H,9-11H2,2-3H3. The summed E-state index contributed by atoms with van der Waals surface area (Å²) in [5.74, 6) is 4.66. The predicted octanol–water partition coefficient (Wildman–Crippen LogP) is 3.97. The quantitative estimate of drug-likeness (QED) is 0.420. The molecule has 0 amide bonds. The maximum atomic E-state index is 5.47. The zero-order chi connectivity index (χ0) is 12.5. The van der Waals surface area contributed by atoms with Crippen LogP contribution in [-0.4, -0.2) is 18.5 Å². The van der Waals surface area contributed by atoms with E-state index in [4.69, 9.17) is 11.2 Å². The van der Waals surface area contributed by atoms with E-state index < -0.39 is 0 Å². The number of hydrogen-bond acceptors (Lipinski definition) is 3. The smallest absolute Gasteiger partial charge is 0.0568 e. The second kappa shape index (κ2) is 8.52. The van der Waals surface area contributed by atoms with E-state index in [1.807, 2.05) is 33.7 Å². The van der Waals surface area contributed by atoms with Crippen LogP contribution in [0.5, 0.6) is 0 Å². The summed E-state index contributed by atoms with van der Waals surface area (Å²) in [5, 5.41) is 0. The molecule has 0 aliphatic rings. The Morgan fingerprint density at radius 1 is 1.24 bits per heavy atom. The summed E-state index contributed by atoms with van der Waals surface area (Å²) in [4.78, 5) is 0. The van der Waals surface area contributed by atoms with E-state index in [-0.39, 0.29) is 0 Å². The predicted molar refractivity (Wildman–Crippen MR) is 79.2 cm³/mol. The first-order chi connectivity index (χ1) is 8.22. The van der Waals surface area contributed by atoms with E-state index in [1.165, 1.54) is 5.56 Å². The first-order valence-corrected chi connectivity index (χ1v) is 8.12. The lowest BCUT2D eigenvalue weighted by atomic mass is 10.2. The molecule has 0 spiro atoms. The van der Waals surface area contributed by atoms with Crippen molar-refractivity contribution in [2.24, 2.45) is 0 Å². The molecule has 0 atom stereocenters. The van der Waals surface area contributed by atoms with Crippen LogP contribution in [0.3, 0.4) is 0 Å². The molecule has 1 aromatic carbocycles. The zero-order valence-corrected chi connectivity index (χ0v) is 11.9. The fourth-order valence-electron chi connectivity index (χ4n) is 1.18. The van der Waals surface area contributed by atoms with Gasteiger partial charge in [0.1, 0.15) is 0 Å². The molecule has 0 bridgehead atoms. The van der Waals surface area contributed by atoms with Crippen LogP contribution in [0.2, 0.25) is 0 Å². The SMILES string of the molecule is C#Cc1ccc(CSSCCOC(C)C)cc1. The van der Waals surface area contributed by atoms with Gasteiger partial charge in [-0.1, -0.05) is 39.6 Å². The summed E-state index contributed by atoms with van der Waals surface area (Å²) < 4.78 is 5.47. The maximum Gasteiger partial charge on any atom is 0.0568 e. The lowest BCUT2D eigenvalue weighted by Gasteiger charge is -2.06. The Bertz CT molecular complexity index is 351. The van der Waals surface area contributed by atoms with Gasteiger partial charge in [0.25, 0.3) is 0 Å². The Morgan fingerprint density at radius 2 is 1.94 bits per heavy atom. The van der Waals surface area contributed by atoms with Crippen molar-refractivity contribution in [2.45, 2.75) is 25.7 Å². The van der Waals surface area contributed by atoms with Gasteiger partial charge in [-0.15, -0.1) is 6.42 Å². The average Bonchev–Trinajstić information content (AvgIpc) is 2.34. The molecule has 0 heterocycles. The average molecular weight is 266 g/mol. The van der Waals surface area contributed by atoms with Crippen molar-refractivity contribution in [2.75, 3.05) is 12.4 Å². The minimum Gasteiger partial charge on any atom is -0.378 e. The minimum atomic E-state index is 0.330. The van der Waals surface area contributed by atoms with Crippen molar-refractivity contribution < 1.29 is 4.74 Å². The third-order valence-electron chi connectivity index (χ3n) is 2.05. The van der Waals surface area contributed by atoms with Gasteiger partial charge in [0, 0.05) is 17.1 Å². The highest BCUT2D eigenvalue weighted by Gasteiger charge is 1.96. The van der Waals surface area contributed by atoms with Crippen LogP contribution in [0.4, 0.5) is 0 Å². The number of benzene rings is 1. The van der Waals surface area contributed by atoms with Crippen LogP contribution in [0, 0.1) is 12.3 Å². The lowest BCUT2D eigenvalue weighted by Crippen LogP contribution is -2.04. The summed E-state index contributed by atoms with van der Waals surface area (Å²) in [6, 6.07) is 8.16. The molecule has 92 valence electrons. The summed E-state index contributed by atoms with van der Waals surface area (Å²) in [7, 11) is 3.71. The van der Waals surface area contributed by atoms with Gasteiger partial charge in [-0.05, 0) is 31.5 Å². The summed E-state index contributed by atoms with van der Waals surface area (Å²) >= 11 is 0. The molecule has 1 nitrogen and oxygen atoms in total. The topological polar surface area (TPSA) is 9.23 Å². The number of hydrogen-bond donors (Lipinski definition) is 0. The van der Waals surface area contributed by atoms with Crippen molar-refractivity contribution in [1.82, 2.24) is 0 Å². The van der Waals surface area contributed by atoms with Crippen molar-refractivity contribution in [3.63, 3.8) is 0 Å². The van der Waals surface area contributed by atoms with Gasteiger partial charge >= 0.3 is 0 Å². The van der Waals surface area contributed by atoms with Crippen LogP contribution in [0.1, 0.15) is 25.0 Å². The van der Waals surface area contributed by atoms with E-state index in [0.717, 1.165) is 23.7 Å². The summed E-state index contributed by atoms with van der Waals surface area (Å²) in [6.07, 6.45) is 5.64. The molecule has 3 heteroatoms. The van der Waals surface area contributed by atoms with Gasteiger partial charge in [0.15, 0.2) is 0 Å². The second-order valence-corrected chi connectivity index (χ2v) is 6.43. The van der Waals surface area contributed by atoms with Crippen LogP contribution >= 0.6 is 21.6 Å². The van der Waals surface area contributed by atoms with Gasteiger partial charge < -0.3 is 4.74 Å². The van der Waals surface area contributed by atoms with Crippen LogP contribution in [-0.2, 0) is 10.5 Å². The van der Waals surface area contributed by atoms with E-state index in [9.17, 15) is 0 Å². The molecular weight excluding hydrogens is 248 g/mol. The van der Waals surface area contributed by atoms with Crippen molar-refractivity contribution in [1.29, 1.82) is 0 Å². The Balaban J connectivity index is 2.12. The van der Waals surface area contributed by atoms with Crippen molar-refractivity contribution in [3.05, 3.63) is 35.4 Å². The van der Waals surface area contributed by atoms with E-state index in [0.29, 0.717) is 6.10 Å². The minimum absolute atomic E-state index is 0.330. The van der Waals surface area contributed by atoms with Gasteiger partial charge in [-0.3, -0.25) is 0 Å². The molecule has 0 unspecified atom stereocenters. The molecule has 0 saturated heterocycles. The van der Waals surface area contributed by atoms with Gasteiger partial charge in [-0.2, -0.15) is 0 Å². The van der Waals surface area contributed by atoms with Gasteiger partial charge in [0.2, 0.25) is 0 Å². The monoisotopic (exact) mass is 266 g/mol. The summed E-state index contributed by atoms with van der Waals surface area (Å²) in [5.41, 5.74) is 2.25. The lowest BCUT2D eigenvalue weighted by molar-refractivity contribution is 0.0921. The third kappa shape index (κ3) is 6.68. The highest BCUT2D eigenvalue weighted by atomic mass is 33.1. The van der Waals surface area contributed by atoms with E-state index >= 15 is 0 Å². The van der Waals surface area contributed by atoms with Gasteiger partial charge in [0.05, 0.1) is 12.7 Å². The van der Waals surface area contributed by atoms with Crippen molar-refractivity contribution >= 4 is 21.6 Å². The molecule has 0 aliphatic heterocycles. The number of terminal acetylenes is 1. The largest absolute Gasteiger partial charge is 0.378 e. The first-order valence-electron chi connectivity index (χ1n) is 5.64.